The van der Waals surface area contributed by atoms with Crippen LogP contribution in [0.4, 0.5) is 0 Å². The largest absolute Gasteiger partial charge is 0.349 e. The van der Waals surface area contributed by atoms with Gasteiger partial charge in [0.2, 0.25) is 0 Å². The number of thiophene rings is 1. The number of amides is 1. The van der Waals surface area contributed by atoms with Gasteiger partial charge in [-0.2, -0.15) is 11.3 Å². The van der Waals surface area contributed by atoms with E-state index in [1.165, 1.54) is 11.1 Å². The van der Waals surface area contributed by atoms with Crippen LogP contribution in [0, 0.1) is 6.92 Å². The fraction of sp³-hybridized carbons (Fsp3) is 0.350. The fourth-order valence-corrected chi connectivity index (χ4v) is 3.77. The number of nitrogens with zero attached hydrogens (tertiary/aromatic N) is 4. The first kappa shape index (κ1) is 19.3. The van der Waals surface area contributed by atoms with E-state index in [0.717, 1.165) is 18.8 Å². The Hall–Kier alpha value is -2.51. The van der Waals surface area contributed by atoms with Gasteiger partial charge in [-0.3, -0.25) is 9.69 Å². The molecule has 1 aromatic carbocycles. The maximum absolute atomic E-state index is 12.6. The van der Waals surface area contributed by atoms with Crippen molar-refractivity contribution in [1.29, 1.82) is 0 Å². The number of hydrogen-bond donors (Lipinski definition) is 1. The number of carbonyl (C=O) groups excluding carboxylic acids is 1. The van der Waals surface area contributed by atoms with E-state index in [-0.39, 0.29) is 11.9 Å². The SMILES string of the molecule is CCN(CC)[C@@H](CNC(=O)c1cn(-c2ccc(C)cc2)nn1)c1ccsc1. The van der Waals surface area contributed by atoms with E-state index >= 15 is 0 Å². The number of aromatic nitrogens is 3. The van der Waals surface area contributed by atoms with Gasteiger partial charge in [-0.05, 0) is 54.5 Å². The lowest BCUT2D eigenvalue weighted by Gasteiger charge is -2.29. The van der Waals surface area contributed by atoms with Gasteiger partial charge >= 0.3 is 0 Å². The molecule has 1 atom stereocenters. The average molecular weight is 384 g/mol. The van der Waals surface area contributed by atoms with Crippen molar-refractivity contribution in [3.05, 3.63) is 64.1 Å². The molecule has 0 aliphatic rings. The molecule has 2 heterocycles. The summed E-state index contributed by atoms with van der Waals surface area (Å²) in [6, 6.07) is 10.2. The van der Waals surface area contributed by atoms with Crippen molar-refractivity contribution in [2.24, 2.45) is 0 Å². The van der Waals surface area contributed by atoms with E-state index in [2.05, 4.69) is 51.2 Å². The first-order valence-electron chi connectivity index (χ1n) is 9.16. The van der Waals surface area contributed by atoms with Crippen LogP contribution in [0.2, 0.25) is 0 Å². The summed E-state index contributed by atoms with van der Waals surface area (Å²) in [4.78, 5) is 14.9. The summed E-state index contributed by atoms with van der Waals surface area (Å²) < 4.78 is 1.62. The van der Waals surface area contributed by atoms with E-state index < -0.39 is 0 Å². The van der Waals surface area contributed by atoms with Gasteiger partial charge in [-0.15, -0.1) is 5.10 Å². The molecule has 1 amide bonds. The highest BCUT2D eigenvalue weighted by Gasteiger charge is 2.20. The van der Waals surface area contributed by atoms with E-state index in [1.54, 1.807) is 22.2 Å². The van der Waals surface area contributed by atoms with Crippen LogP contribution >= 0.6 is 11.3 Å². The fourth-order valence-electron chi connectivity index (χ4n) is 3.06. The number of aryl methyl sites for hydroxylation is 1. The lowest BCUT2D eigenvalue weighted by molar-refractivity contribution is 0.0930. The topological polar surface area (TPSA) is 63.1 Å². The zero-order valence-corrected chi connectivity index (χ0v) is 16.7. The van der Waals surface area contributed by atoms with Crippen LogP contribution in [0.1, 0.15) is 41.5 Å². The van der Waals surface area contributed by atoms with Crippen LogP contribution in [0.3, 0.4) is 0 Å². The zero-order valence-electron chi connectivity index (χ0n) is 15.9. The quantitative estimate of drug-likeness (QED) is 0.647. The number of likely N-dealkylation sites (N-methyl/N-ethyl adjacent to an activating group) is 1. The molecular weight excluding hydrogens is 358 g/mol. The summed E-state index contributed by atoms with van der Waals surface area (Å²) in [5, 5.41) is 15.3. The normalized spacial score (nSPS) is 12.3. The minimum absolute atomic E-state index is 0.155. The molecule has 0 aliphatic heterocycles. The van der Waals surface area contributed by atoms with E-state index in [0.29, 0.717) is 12.2 Å². The molecule has 2 aromatic heterocycles. The van der Waals surface area contributed by atoms with E-state index in [1.807, 2.05) is 31.2 Å². The number of benzene rings is 1. The van der Waals surface area contributed by atoms with Crippen molar-refractivity contribution in [3.8, 4) is 5.69 Å². The van der Waals surface area contributed by atoms with E-state index in [9.17, 15) is 4.79 Å². The summed E-state index contributed by atoms with van der Waals surface area (Å²) in [5.41, 5.74) is 3.60. The molecule has 0 bridgehead atoms. The molecule has 0 aliphatic carbocycles. The van der Waals surface area contributed by atoms with Crippen LogP contribution in [0.15, 0.2) is 47.3 Å². The van der Waals surface area contributed by atoms with Gasteiger partial charge in [0.05, 0.1) is 17.9 Å². The molecule has 27 heavy (non-hydrogen) atoms. The first-order chi connectivity index (χ1) is 13.1. The molecular formula is C20H25N5OS. The summed E-state index contributed by atoms with van der Waals surface area (Å²) >= 11 is 1.67. The summed E-state index contributed by atoms with van der Waals surface area (Å²) in [7, 11) is 0. The Kier molecular flexibility index (Phi) is 6.36. The van der Waals surface area contributed by atoms with Gasteiger partial charge in [0.25, 0.3) is 5.91 Å². The zero-order chi connectivity index (χ0) is 19.2. The number of nitrogens with one attached hydrogen (secondary N) is 1. The average Bonchev–Trinajstić information content (AvgIpc) is 3.37. The van der Waals surface area contributed by atoms with Gasteiger partial charge in [0.1, 0.15) is 0 Å². The van der Waals surface area contributed by atoms with Crippen LogP contribution in [0.25, 0.3) is 5.69 Å². The second-order valence-electron chi connectivity index (χ2n) is 6.39. The molecule has 0 radical (unpaired) electrons. The van der Waals surface area contributed by atoms with Gasteiger partial charge in [0, 0.05) is 6.54 Å². The third-order valence-corrected chi connectivity index (χ3v) is 5.36. The van der Waals surface area contributed by atoms with Crippen LogP contribution < -0.4 is 5.32 Å². The lowest BCUT2D eigenvalue weighted by Crippen LogP contribution is -2.38. The summed E-state index contributed by atoms with van der Waals surface area (Å²) in [5.74, 6) is -0.208. The highest BCUT2D eigenvalue weighted by atomic mass is 32.1. The maximum atomic E-state index is 12.6. The molecule has 3 rings (SSSR count). The lowest BCUT2D eigenvalue weighted by atomic mass is 10.1. The minimum atomic E-state index is -0.208. The molecule has 6 nitrogen and oxygen atoms in total. The molecule has 0 unspecified atom stereocenters. The second-order valence-corrected chi connectivity index (χ2v) is 7.17. The van der Waals surface area contributed by atoms with Crippen LogP contribution in [0.5, 0.6) is 0 Å². The molecule has 0 spiro atoms. The Morgan fingerprint density at radius 2 is 1.96 bits per heavy atom. The Morgan fingerprint density at radius 3 is 2.59 bits per heavy atom. The monoisotopic (exact) mass is 383 g/mol. The van der Waals surface area contributed by atoms with Gasteiger partial charge < -0.3 is 5.32 Å². The Bertz CT molecular complexity index is 853. The molecule has 0 saturated heterocycles. The number of hydrogen-bond acceptors (Lipinski definition) is 5. The summed E-state index contributed by atoms with van der Waals surface area (Å²) in [6.45, 7) is 8.70. The summed E-state index contributed by atoms with van der Waals surface area (Å²) in [6.07, 6.45) is 1.66. The molecule has 142 valence electrons. The van der Waals surface area contributed by atoms with Crippen molar-refractivity contribution in [2.75, 3.05) is 19.6 Å². The maximum Gasteiger partial charge on any atom is 0.273 e. The Morgan fingerprint density at radius 1 is 1.22 bits per heavy atom. The smallest absolute Gasteiger partial charge is 0.273 e. The molecule has 7 heteroatoms. The Labute approximate surface area is 163 Å². The molecule has 0 fully saturated rings. The van der Waals surface area contributed by atoms with Crippen molar-refractivity contribution in [2.45, 2.75) is 26.8 Å². The standard InChI is InChI=1S/C20H25N5OS/c1-4-24(5-2)19(16-10-11-27-14-16)12-21-20(26)18-13-25(23-22-18)17-8-6-15(3)7-9-17/h6-11,13-14,19H,4-5,12H2,1-3H3,(H,21,26)/t19-/m0/s1. The van der Waals surface area contributed by atoms with Gasteiger partial charge in [-0.1, -0.05) is 36.8 Å². The molecule has 1 N–H and O–H groups in total. The van der Waals surface area contributed by atoms with Crippen molar-refractivity contribution >= 4 is 17.2 Å². The predicted octanol–water partition coefficient (Wildman–Crippen LogP) is 3.45. The van der Waals surface area contributed by atoms with Gasteiger partial charge in [0.15, 0.2) is 5.69 Å². The van der Waals surface area contributed by atoms with E-state index in [4.69, 9.17) is 0 Å². The highest BCUT2D eigenvalue weighted by Crippen LogP contribution is 2.22. The first-order valence-corrected chi connectivity index (χ1v) is 10.1. The van der Waals surface area contributed by atoms with Crippen LogP contribution in [-0.4, -0.2) is 45.4 Å². The predicted molar refractivity (Wildman–Crippen MR) is 108 cm³/mol. The van der Waals surface area contributed by atoms with Crippen molar-refractivity contribution in [1.82, 2.24) is 25.2 Å². The minimum Gasteiger partial charge on any atom is -0.349 e. The number of carbonyl (C=O) groups is 1. The van der Waals surface area contributed by atoms with Crippen molar-refractivity contribution < 1.29 is 4.79 Å². The Balaban J connectivity index is 1.68. The van der Waals surface area contributed by atoms with Crippen LogP contribution in [-0.2, 0) is 0 Å². The second kappa shape index (κ2) is 8.92. The number of rotatable bonds is 8. The third-order valence-electron chi connectivity index (χ3n) is 4.66. The highest BCUT2D eigenvalue weighted by molar-refractivity contribution is 7.07. The van der Waals surface area contributed by atoms with Crippen molar-refractivity contribution in [3.63, 3.8) is 0 Å². The molecule has 0 saturated carbocycles. The van der Waals surface area contributed by atoms with Gasteiger partial charge in [-0.25, -0.2) is 4.68 Å². The molecule has 3 aromatic rings. The third kappa shape index (κ3) is 4.61.